The van der Waals surface area contributed by atoms with E-state index in [9.17, 15) is 13.2 Å². The van der Waals surface area contributed by atoms with Crippen molar-refractivity contribution >= 4 is 15.9 Å². The van der Waals surface area contributed by atoms with Gasteiger partial charge in [-0.1, -0.05) is 0 Å². The van der Waals surface area contributed by atoms with Crippen LogP contribution in [0, 0.1) is 11.6 Å². The van der Waals surface area contributed by atoms with E-state index >= 15 is 0 Å². The molecule has 0 bridgehead atoms. The molecule has 0 unspecified atom stereocenters. The maximum Gasteiger partial charge on any atom is 0.172 e. The monoisotopic (exact) mass is 224 g/mol. The van der Waals surface area contributed by atoms with E-state index in [0.29, 0.717) is 0 Å². The maximum absolute atomic E-state index is 12.5. The third-order valence-corrected chi connectivity index (χ3v) is 1.77. The summed E-state index contributed by atoms with van der Waals surface area (Å²) in [4.78, 5) is 0. The van der Waals surface area contributed by atoms with Gasteiger partial charge in [-0.2, -0.15) is 0 Å². The third-order valence-electron chi connectivity index (χ3n) is 1.20. The number of halogens is 4. The van der Waals surface area contributed by atoms with E-state index in [0.717, 1.165) is 6.07 Å². The summed E-state index contributed by atoms with van der Waals surface area (Å²) in [7, 11) is 0. The zero-order chi connectivity index (χ0) is 8.43. The molecule has 11 heavy (non-hydrogen) atoms. The second kappa shape index (κ2) is 3.26. The first-order valence-electron chi connectivity index (χ1n) is 2.84. The van der Waals surface area contributed by atoms with Crippen molar-refractivity contribution in [2.75, 3.05) is 0 Å². The van der Waals surface area contributed by atoms with Gasteiger partial charge < -0.3 is 0 Å². The first-order chi connectivity index (χ1) is 5.15. The number of hydrogen-bond donors (Lipinski definition) is 0. The fourth-order valence-corrected chi connectivity index (χ4v) is 1.17. The molecule has 0 heterocycles. The molecule has 0 atom stereocenters. The van der Waals surface area contributed by atoms with Gasteiger partial charge in [0.1, 0.15) is 6.67 Å². The molecule has 60 valence electrons. The Morgan fingerprint density at radius 2 is 1.91 bits per heavy atom. The predicted octanol–water partition coefficient (Wildman–Crippen LogP) is 3.20. The van der Waals surface area contributed by atoms with Gasteiger partial charge in [-0.05, 0) is 33.6 Å². The first kappa shape index (κ1) is 8.59. The second-order valence-corrected chi connectivity index (χ2v) is 2.86. The highest BCUT2D eigenvalue weighted by Gasteiger charge is 2.07. The zero-order valence-electron chi connectivity index (χ0n) is 5.37. The lowest BCUT2D eigenvalue weighted by Crippen LogP contribution is -1.88. The van der Waals surface area contributed by atoms with Gasteiger partial charge in [0.15, 0.2) is 11.6 Å². The molecule has 0 aliphatic rings. The Hall–Kier alpha value is -0.510. The van der Waals surface area contributed by atoms with Crippen LogP contribution in [-0.4, -0.2) is 0 Å². The molecule has 1 aromatic rings. The fraction of sp³-hybridized carbons (Fsp3) is 0.143. The summed E-state index contributed by atoms with van der Waals surface area (Å²) in [5.74, 6) is -2.02. The summed E-state index contributed by atoms with van der Waals surface area (Å²) in [6.45, 7) is -0.796. The Morgan fingerprint density at radius 3 is 2.36 bits per heavy atom. The fourth-order valence-electron chi connectivity index (χ4n) is 0.685. The van der Waals surface area contributed by atoms with Crippen LogP contribution in [0.15, 0.2) is 16.6 Å². The van der Waals surface area contributed by atoms with Crippen molar-refractivity contribution in [3.63, 3.8) is 0 Å². The molecule has 0 N–H and O–H groups in total. The van der Waals surface area contributed by atoms with E-state index in [1.807, 2.05) is 0 Å². The molecule has 0 radical (unpaired) electrons. The molecular formula is C7H4BrF3. The molecule has 0 nitrogen and oxygen atoms in total. The topological polar surface area (TPSA) is 0 Å². The Morgan fingerprint density at radius 1 is 1.27 bits per heavy atom. The Labute approximate surface area is 70.2 Å². The SMILES string of the molecule is FCc1cc(F)c(F)c(Br)c1. The highest BCUT2D eigenvalue weighted by atomic mass is 79.9. The zero-order valence-corrected chi connectivity index (χ0v) is 6.96. The quantitative estimate of drug-likeness (QED) is 0.643. The van der Waals surface area contributed by atoms with Gasteiger partial charge in [0, 0.05) is 0 Å². The van der Waals surface area contributed by atoms with Crippen molar-refractivity contribution in [1.29, 1.82) is 0 Å². The second-order valence-electron chi connectivity index (χ2n) is 2.01. The number of rotatable bonds is 1. The molecule has 0 saturated carbocycles. The van der Waals surface area contributed by atoms with Crippen LogP contribution in [0.1, 0.15) is 5.56 Å². The first-order valence-corrected chi connectivity index (χ1v) is 3.64. The van der Waals surface area contributed by atoms with Gasteiger partial charge in [-0.3, -0.25) is 0 Å². The molecule has 0 fully saturated rings. The molecular weight excluding hydrogens is 221 g/mol. The smallest absolute Gasteiger partial charge is 0.172 e. The van der Waals surface area contributed by atoms with Crippen molar-refractivity contribution in [2.24, 2.45) is 0 Å². The minimum atomic E-state index is -1.04. The molecule has 0 aromatic heterocycles. The molecule has 0 spiro atoms. The summed E-state index contributed by atoms with van der Waals surface area (Å²) in [5, 5.41) is 0. The minimum absolute atomic E-state index is 0.0508. The average Bonchev–Trinajstić information content (AvgIpc) is 1.99. The van der Waals surface area contributed by atoms with Crippen LogP contribution in [0.3, 0.4) is 0 Å². The molecule has 1 rings (SSSR count). The molecule has 1 aromatic carbocycles. The standard InChI is InChI=1S/C7H4BrF3/c8-5-1-4(3-9)2-6(10)7(5)11/h1-2H,3H2. The van der Waals surface area contributed by atoms with Crippen LogP contribution in [0.2, 0.25) is 0 Å². The van der Waals surface area contributed by atoms with E-state index < -0.39 is 18.3 Å². The summed E-state index contributed by atoms with van der Waals surface area (Å²) in [6, 6.07) is 2.04. The minimum Gasteiger partial charge on any atom is -0.246 e. The van der Waals surface area contributed by atoms with Crippen LogP contribution in [0.25, 0.3) is 0 Å². The largest absolute Gasteiger partial charge is 0.246 e. The highest BCUT2D eigenvalue weighted by Crippen LogP contribution is 2.20. The van der Waals surface area contributed by atoms with Crippen molar-refractivity contribution in [2.45, 2.75) is 6.67 Å². The van der Waals surface area contributed by atoms with E-state index in [1.54, 1.807) is 0 Å². The van der Waals surface area contributed by atoms with Gasteiger partial charge in [0.2, 0.25) is 0 Å². The van der Waals surface area contributed by atoms with Crippen molar-refractivity contribution in [1.82, 2.24) is 0 Å². The van der Waals surface area contributed by atoms with Gasteiger partial charge >= 0.3 is 0 Å². The lowest BCUT2D eigenvalue weighted by atomic mass is 10.2. The Bertz CT molecular complexity index is 249. The Kier molecular flexibility index (Phi) is 2.54. The van der Waals surface area contributed by atoms with Crippen molar-refractivity contribution in [3.05, 3.63) is 33.8 Å². The number of hydrogen-bond acceptors (Lipinski definition) is 0. The van der Waals surface area contributed by atoms with Crippen molar-refractivity contribution < 1.29 is 13.2 Å². The maximum atomic E-state index is 12.5. The summed E-state index contributed by atoms with van der Waals surface area (Å²) in [5.41, 5.74) is 0.121. The van der Waals surface area contributed by atoms with E-state index in [1.165, 1.54) is 6.07 Å². The molecule has 0 aliphatic heterocycles. The highest BCUT2D eigenvalue weighted by molar-refractivity contribution is 9.10. The molecule has 4 heteroatoms. The number of alkyl halides is 1. The van der Waals surface area contributed by atoms with E-state index in [2.05, 4.69) is 15.9 Å². The average molecular weight is 225 g/mol. The lowest BCUT2D eigenvalue weighted by molar-refractivity contribution is 0.470. The Balaban J connectivity index is 3.21. The van der Waals surface area contributed by atoms with Gasteiger partial charge in [-0.25, -0.2) is 13.2 Å². The molecule has 0 saturated heterocycles. The summed E-state index contributed by atoms with van der Waals surface area (Å²) >= 11 is 2.76. The van der Waals surface area contributed by atoms with Gasteiger partial charge in [-0.15, -0.1) is 0 Å². The van der Waals surface area contributed by atoms with E-state index in [4.69, 9.17) is 0 Å². The normalized spacial score (nSPS) is 10.2. The third kappa shape index (κ3) is 1.74. The molecule has 0 amide bonds. The predicted molar refractivity (Wildman–Crippen MR) is 38.9 cm³/mol. The number of benzene rings is 1. The van der Waals surface area contributed by atoms with Crippen LogP contribution in [-0.2, 0) is 6.67 Å². The van der Waals surface area contributed by atoms with Crippen LogP contribution in [0.5, 0.6) is 0 Å². The van der Waals surface area contributed by atoms with Gasteiger partial charge in [0.05, 0.1) is 4.47 Å². The van der Waals surface area contributed by atoms with Crippen LogP contribution in [0.4, 0.5) is 13.2 Å². The molecule has 0 aliphatic carbocycles. The lowest BCUT2D eigenvalue weighted by Gasteiger charge is -1.98. The van der Waals surface area contributed by atoms with Gasteiger partial charge in [0.25, 0.3) is 0 Å². The summed E-state index contributed by atoms with van der Waals surface area (Å²) in [6.07, 6.45) is 0. The summed E-state index contributed by atoms with van der Waals surface area (Å²) < 4.78 is 36.8. The van der Waals surface area contributed by atoms with Crippen LogP contribution < -0.4 is 0 Å². The van der Waals surface area contributed by atoms with Crippen LogP contribution >= 0.6 is 15.9 Å². The van der Waals surface area contributed by atoms with Crippen molar-refractivity contribution in [3.8, 4) is 0 Å². The van der Waals surface area contributed by atoms with E-state index in [-0.39, 0.29) is 10.0 Å².